The predicted octanol–water partition coefficient (Wildman–Crippen LogP) is 2.29. The Kier molecular flexibility index (Phi) is 5.11. The highest BCUT2D eigenvalue weighted by Crippen LogP contribution is 2.17. The Bertz CT molecular complexity index is 1050. The molecule has 0 unspecified atom stereocenters. The SMILES string of the molecule is COc1ccc(-c2cnn(CC(=O)Nc3ccnn3Cc3cccs3)c2)nn1. The highest BCUT2D eigenvalue weighted by molar-refractivity contribution is 7.09. The Morgan fingerprint density at radius 2 is 2.14 bits per heavy atom. The van der Waals surface area contributed by atoms with Crippen LogP contribution in [0.1, 0.15) is 4.88 Å². The lowest BCUT2D eigenvalue weighted by atomic mass is 10.2. The fourth-order valence-electron chi connectivity index (χ4n) is 2.61. The molecule has 0 aromatic carbocycles. The zero-order valence-corrected chi connectivity index (χ0v) is 15.8. The van der Waals surface area contributed by atoms with Crippen LogP contribution in [-0.2, 0) is 17.9 Å². The van der Waals surface area contributed by atoms with E-state index in [0.29, 0.717) is 23.9 Å². The number of rotatable bonds is 7. The van der Waals surface area contributed by atoms with E-state index in [1.54, 1.807) is 57.5 Å². The molecule has 0 saturated heterocycles. The largest absolute Gasteiger partial charge is 0.480 e. The second kappa shape index (κ2) is 8.01. The van der Waals surface area contributed by atoms with E-state index in [1.165, 1.54) is 7.11 Å². The summed E-state index contributed by atoms with van der Waals surface area (Å²) >= 11 is 1.65. The number of carbonyl (C=O) groups excluding carboxylic acids is 1. The number of nitrogens with one attached hydrogen (secondary N) is 1. The van der Waals surface area contributed by atoms with Gasteiger partial charge >= 0.3 is 0 Å². The average molecular weight is 395 g/mol. The maximum atomic E-state index is 12.4. The number of hydrogen-bond donors (Lipinski definition) is 1. The highest BCUT2D eigenvalue weighted by atomic mass is 32.1. The fourth-order valence-corrected chi connectivity index (χ4v) is 3.30. The first-order valence-electron chi connectivity index (χ1n) is 8.46. The molecule has 9 nitrogen and oxygen atoms in total. The smallest absolute Gasteiger partial charge is 0.247 e. The Balaban J connectivity index is 1.39. The fraction of sp³-hybridized carbons (Fsp3) is 0.167. The standard InChI is InChI=1S/C18H17N7O2S/c1-27-18-5-4-15(22-23-18)13-9-20-24(10-13)12-17(26)21-16-6-7-19-25(16)11-14-3-2-8-28-14/h2-10H,11-12H2,1H3,(H,21,26). The Morgan fingerprint density at radius 3 is 2.89 bits per heavy atom. The molecule has 1 amide bonds. The molecule has 4 aromatic rings. The van der Waals surface area contributed by atoms with Gasteiger partial charge in [0.15, 0.2) is 0 Å². The molecule has 0 aliphatic heterocycles. The van der Waals surface area contributed by atoms with Crippen molar-refractivity contribution in [3.8, 4) is 17.1 Å². The highest BCUT2D eigenvalue weighted by Gasteiger charge is 2.11. The molecule has 0 saturated carbocycles. The van der Waals surface area contributed by atoms with Crippen LogP contribution in [0.2, 0.25) is 0 Å². The molecule has 1 N–H and O–H groups in total. The molecular formula is C18H17N7O2S. The summed E-state index contributed by atoms with van der Waals surface area (Å²) in [5.41, 5.74) is 1.42. The normalized spacial score (nSPS) is 10.8. The van der Waals surface area contributed by atoms with Crippen molar-refractivity contribution in [2.45, 2.75) is 13.1 Å². The van der Waals surface area contributed by atoms with Gasteiger partial charge < -0.3 is 10.1 Å². The minimum atomic E-state index is -0.191. The van der Waals surface area contributed by atoms with E-state index in [9.17, 15) is 4.79 Å². The van der Waals surface area contributed by atoms with Crippen LogP contribution < -0.4 is 10.1 Å². The van der Waals surface area contributed by atoms with Gasteiger partial charge in [0.25, 0.3) is 0 Å². The van der Waals surface area contributed by atoms with Crippen molar-refractivity contribution in [2.24, 2.45) is 0 Å². The van der Waals surface area contributed by atoms with Crippen LogP contribution in [0, 0.1) is 0 Å². The number of hydrogen-bond acceptors (Lipinski definition) is 7. The maximum absolute atomic E-state index is 12.4. The minimum Gasteiger partial charge on any atom is -0.480 e. The third kappa shape index (κ3) is 4.07. The third-order valence-corrected chi connectivity index (χ3v) is 4.81. The van der Waals surface area contributed by atoms with Gasteiger partial charge in [-0.15, -0.1) is 21.5 Å². The van der Waals surface area contributed by atoms with Crippen LogP contribution >= 0.6 is 11.3 Å². The van der Waals surface area contributed by atoms with Crippen molar-refractivity contribution in [2.75, 3.05) is 12.4 Å². The van der Waals surface area contributed by atoms with E-state index in [1.807, 2.05) is 17.5 Å². The Morgan fingerprint density at radius 1 is 1.21 bits per heavy atom. The quantitative estimate of drug-likeness (QED) is 0.515. The van der Waals surface area contributed by atoms with Gasteiger partial charge in [-0.3, -0.25) is 9.48 Å². The summed E-state index contributed by atoms with van der Waals surface area (Å²) in [4.78, 5) is 13.6. The van der Waals surface area contributed by atoms with Crippen LogP contribution in [0.4, 0.5) is 5.82 Å². The summed E-state index contributed by atoms with van der Waals surface area (Å²) in [5.74, 6) is 0.893. The van der Waals surface area contributed by atoms with Crippen molar-refractivity contribution in [3.05, 3.63) is 59.2 Å². The lowest BCUT2D eigenvalue weighted by Crippen LogP contribution is -2.21. The van der Waals surface area contributed by atoms with Crippen molar-refractivity contribution < 1.29 is 9.53 Å². The first-order chi connectivity index (χ1) is 13.7. The zero-order chi connectivity index (χ0) is 19.3. The monoisotopic (exact) mass is 395 g/mol. The van der Waals surface area contributed by atoms with E-state index in [-0.39, 0.29) is 12.5 Å². The van der Waals surface area contributed by atoms with Crippen LogP contribution in [0.3, 0.4) is 0 Å². The molecule has 4 heterocycles. The topological polar surface area (TPSA) is 99.8 Å². The Hall–Kier alpha value is -3.53. The Labute approximate surface area is 164 Å². The molecule has 10 heteroatoms. The van der Waals surface area contributed by atoms with Gasteiger partial charge in [0.05, 0.1) is 31.7 Å². The van der Waals surface area contributed by atoms with Crippen molar-refractivity contribution in [1.29, 1.82) is 0 Å². The first kappa shape index (κ1) is 17.9. The first-order valence-corrected chi connectivity index (χ1v) is 9.34. The second-order valence-electron chi connectivity index (χ2n) is 5.89. The summed E-state index contributed by atoms with van der Waals surface area (Å²) < 4.78 is 8.31. The van der Waals surface area contributed by atoms with Crippen LogP contribution in [0.5, 0.6) is 5.88 Å². The molecule has 4 rings (SSSR count). The van der Waals surface area contributed by atoms with E-state index in [0.717, 1.165) is 10.4 Å². The van der Waals surface area contributed by atoms with Crippen LogP contribution in [-0.4, -0.2) is 42.8 Å². The molecule has 0 fully saturated rings. The number of anilines is 1. The zero-order valence-electron chi connectivity index (χ0n) is 15.0. The van der Waals surface area contributed by atoms with Crippen molar-refractivity contribution >= 4 is 23.1 Å². The van der Waals surface area contributed by atoms with Gasteiger partial charge in [0.1, 0.15) is 12.4 Å². The van der Waals surface area contributed by atoms with E-state index >= 15 is 0 Å². The predicted molar refractivity (Wildman–Crippen MR) is 104 cm³/mol. The minimum absolute atomic E-state index is 0.0771. The average Bonchev–Trinajstić information content (AvgIpc) is 3.46. The van der Waals surface area contributed by atoms with Crippen molar-refractivity contribution in [1.82, 2.24) is 29.8 Å². The molecule has 4 aromatic heterocycles. The van der Waals surface area contributed by atoms with Gasteiger partial charge in [0, 0.05) is 28.8 Å². The molecule has 0 atom stereocenters. The molecule has 0 bridgehead atoms. The lowest BCUT2D eigenvalue weighted by Gasteiger charge is -2.08. The molecule has 28 heavy (non-hydrogen) atoms. The van der Waals surface area contributed by atoms with Gasteiger partial charge in [-0.05, 0) is 17.5 Å². The van der Waals surface area contributed by atoms with Gasteiger partial charge in [-0.25, -0.2) is 4.68 Å². The summed E-state index contributed by atoms with van der Waals surface area (Å²) in [6, 6.07) is 9.31. The molecule has 0 radical (unpaired) electrons. The summed E-state index contributed by atoms with van der Waals surface area (Å²) in [5, 5.41) is 21.4. The number of thiophene rings is 1. The van der Waals surface area contributed by atoms with Gasteiger partial charge in [0.2, 0.25) is 11.8 Å². The lowest BCUT2D eigenvalue weighted by molar-refractivity contribution is -0.116. The van der Waals surface area contributed by atoms with E-state index < -0.39 is 0 Å². The number of carbonyl (C=O) groups is 1. The van der Waals surface area contributed by atoms with Crippen LogP contribution in [0.15, 0.2) is 54.3 Å². The molecule has 0 aliphatic carbocycles. The third-order valence-electron chi connectivity index (χ3n) is 3.95. The van der Waals surface area contributed by atoms with Gasteiger partial charge in [-0.2, -0.15) is 10.2 Å². The van der Waals surface area contributed by atoms with E-state index in [2.05, 4.69) is 25.7 Å². The molecule has 142 valence electrons. The van der Waals surface area contributed by atoms with Crippen LogP contribution in [0.25, 0.3) is 11.3 Å². The summed E-state index contributed by atoms with van der Waals surface area (Å²) in [7, 11) is 1.53. The number of ether oxygens (including phenoxy) is 1. The molecular weight excluding hydrogens is 378 g/mol. The number of methoxy groups -OCH3 is 1. The second-order valence-corrected chi connectivity index (χ2v) is 6.92. The number of nitrogens with zero attached hydrogens (tertiary/aromatic N) is 6. The maximum Gasteiger partial charge on any atom is 0.247 e. The summed E-state index contributed by atoms with van der Waals surface area (Å²) in [6.45, 7) is 0.691. The number of aromatic nitrogens is 6. The molecule has 0 spiro atoms. The van der Waals surface area contributed by atoms with E-state index in [4.69, 9.17) is 4.74 Å². The molecule has 0 aliphatic rings. The summed E-state index contributed by atoms with van der Waals surface area (Å²) in [6.07, 6.45) is 5.06. The van der Waals surface area contributed by atoms with Crippen molar-refractivity contribution in [3.63, 3.8) is 0 Å². The van der Waals surface area contributed by atoms with Gasteiger partial charge in [-0.1, -0.05) is 6.07 Å². The number of amides is 1.